The minimum absolute atomic E-state index is 0.153. The quantitative estimate of drug-likeness (QED) is 0.607. The highest BCUT2D eigenvalue weighted by atomic mass is 19.4. The van der Waals surface area contributed by atoms with Crippen LogP contribution in [0.4, 0.5) is 17.6 Å². The zero-order chi connectivity index (χ0) is 14.3. The van der Waals surface area contributed by atoms with Gasteiger partial charge in [-0.1, -0.05) is 0 Å². The van der Waals surface area contributed by atoms with Gasteiger partial charge in [0.2, 0.25) is 5.91 Å². The van der Waals surface area contributed by atoms with Crippen LogP contribution >= 0.6 is 0 Å². The van der Waals surface area contributed by atoms with E-state index >= 15 is 0 Å². The zero-order valence-corrected chi connectivity index (χ0v) is 9.55. The topological polar surface area (TPSA) is 78.4 Å². The van der Waals surface area contributed by atoms with Crippen molar-refractivity contribution in [3.8, 4) is 0 Å². The predicted octanol–water partition coefficient (Wildman–Crippen LogP) is 0.456. The lowest BCUT2D eigenvalue weighted by atomic mass is 10.1. The van der Waals surface area contributed by atoms with Crippen molar-refractivity contribution in [2.75, 3.05) is 13.1 Å². The third-order valence-corrected chi connectivity index (χ3v) is 2.04. The molecule has 106 valence electrons. The van der Waals surface area contributed by atoms with Crippen LogP contribution in [0, 0.1) is 0 Å². The van der Waals surface area contributed by atoms with E-state index in [1.165, 1.54) is 6.92 Å². The molecule has 0 radical (unpaired) electrons. The summed E-state index contributed by atoms with van der Waals surface area (Å²) in [5.41, 5.74) is 0. The Morgan fingerprint density at radius 3 is 2.22 bits per heavy atom. The first-order valence-corrected chi connectivity index (χ1v) is 5.06. The van der Waals surface area contributed by atoms with Crippen LogP contribution in [-0.4, -0.2) is 48.5 Å². The number of aliphatic carboxylic acids is 1. The largest absolute Gasteiger partial charge is 0.490 e. The number of carbonyl (C=O) groups excluding carboxylic acids is 1. The minimum Gasteiger partial charge on any atom is -0.475 e. The monoisotopic (exact) mass is 274 g/mol. The van der Waals surface area contributed by atoms with Crippen molar-refractivity contribution < 1.29 is 32.3 Å². The molecule has 1 fully saturated rings. The molecular formula is C9H14F4N2O3. The van der Waals surface area contributed by atoms with E-state index in [0.717, 1.165) is 6.54 Å². The number of carboxylic acids is 1. The maximum Gasteiger partial charge on any atom is 0.490 e. The van der Waals surface area contributed by atoms with Crippen molar-refractivity contribution >= 4 is 11.9 Å². The van der Waals surface area contributed by atoms with Crippen LogP contribution in [0.25, 0.3) is 0 Å². The maximum absolute atomic E-state index is 12.9. The minimum atomic E-state index is -5.08. The third kappa shape index (κ3) is 7.05. The second-order valence-corrected chi connectivity index (χ2v) is 3.62. The molecule has 9 heteroatoms. The van der Waals surface area contributed by atoms with Gasteiger partial charge in [-0.05, 0) is 13.0 Å². The van der Waals surface area contributed by atoms with Crippen molar-refractivity contribution in [2.45, 2.75) is 31.7 Å². The van der Waals surface area contributed by atoms with E-state index in [1.807, 2.05) is 0 Å². The number of nitrogens with one attached hydrogen (secondary N) is 2. The molecule has 1 aliphatic rings. The first-order chi connectivity index (χ1) is 8.14. The number of hydrogen-bond donors (Lipinski definition) is 3. The molecule has 1 aliphatic heterocycles. The Labute approximate surface area is 101 Å². The van der Waals surface area contributed by atoms with Gasteiger partial charge in [-0.15, -0.1) is 0 Å². The molecule has 1 saturated heterocycles. The Morgan fingerprint density at radius 1 is 1.39 bits per heavy atom. The van der Waals surface area contributed by atoms with Crippen molar-refractivity contribution in [3.05, 3.63) is 0 Å². The molecule has 0 aromatic carbocycles. The van der Waals surface area contributed by atoms with E-state index in [-0.39, 0.29) is 11.9 Å². The number of carbonyl (C=O) groups is 2. The molecule has 1 heterocycles. The zero-order valence-electron chi connectivity index (χ0n) is 9.55. The fourth-order valence-electron chi connectivity index (χ4n) is 1.24. The van der Waals surface area contributed by atoms with Crippen LogP contribution in [0.3, 0.4) is 0 Å². The average molecular weight is 274 g/mol. The van der Waals surface area contributed by atoms with Crippen LogP contribution in [-0.2, 0) is 9.59 Å². The smallest absolute Gasteiger partial charge is 0.475 e. The summed E-state index contributed by atoms with van der Waals surface area (Å²) < 4.78 is 44.7. The van der Waals surface area contributed by atoms with Gasteiger partial charge in [-0.3, -0.25) is 4.79 Å². The molecule has 1 amide bonds. The number of rotatable bonds is 1. The van der Waals surface area contributed by atoms with Crippen molar-refractivity contribution in [1.29, 1.82) is 0 Å². The molecule has 0 aromatic rings. The standard InChI is InChI=1S/C7H13FN2O.C2HF3O2/c1-5(11)10-7-2-3-9-4-6(7)8;3-2(4,5)1(6)7/h6-7,9H,2-4H2,1H3,(H,10,11);(H,6,7). The molecule has 2 unspecified atom stereocenters. The fourth-order valence-corrected chi connectivity index (χ4v) is 1.24. The lowest BCUT2D eigenvalue weighted by Gasteiger charge is -2.26. The Balaban J connectivity index is 0.000000360. The summed E-state index contributed by atoms with van der Waals surface area (Å²) in [7, 11) is 0. The van der Waals surface area contributed by atoms with Gasteiger partial charge in [-0.2, -0.15) is 13.2 Å². The molecule has 2 atom stereocenters. The molecule has 18 heavy (non-hydrogen) atoms. The summed E-state index contributed by atoms with van der Waals surface area (Å²) in [5.74, 6) is -2.91. The van der Waals surface area contributed by atoms with Crippen molar-refractivity contribution in [3.63, 3.8) is 0 Å². The summed E-state index contributed by atoms with van der Waals surface area (Å²) in [6.07, 6.45) is -5.34. The molecule has 1 rings (SSSR count). The lowest BCUT2D eigenvalue weighted by molar-refractivity contribution is -0.192. The van der Waals surface area contributed by atoms with Gasteiger partial charge in [-0.25, -0.2) is 9.18 Å². The molecule has 0 spiro atoms. The van der Waals surface area contributed by atoms with Crippen LogP contribution in [0.1, 0.15) is 13.3 Å². The van der Waals surface area contributed by atoms with Crippen LogP contribution in [0.2, 0.25) is 0 Å². The molecule has 5 nitrogen and oxygen atoms in total. The second kappa shape index (κ2) is 7.14. The fraction of sp³-hybridized carbons (Fsp3) is 0.778. The van der Waals surface area contributed by atoms with E-state index in [4.69, 9.17) is 9.90 Å². The van der Waals surface area contributed by atoms with Gasteiger partial charge in [0.15, 0.2) is 0 Å². The summed E-state index contributed by atoms with van der Waals surface area (Å²) >= 11 is 0. The van der Waals surface area contributed by atoms with Gasteiger partial charge in [0.05, 0.1) is 6.04 Å². The van der Waals surface area contributed by atoms with Gasteiger partial charge in [0.25, 0.3) is 0 Å². The normalized spacial score (nSPS) is 23.6. The number of hydrogen-bond acceptors (Lipinski definition) is 3. The average Bonchev–Trinajstić information content (AvgIpc) is 2.20. The number of halogens is 4. The number of piperidine rings is 1. The van der Waals surface area contributed by atoms with Gasteiger partial charge < -0.3 is 15.7 Å². The second-order valence-electron chi connectivity index (χ2n) is 3.62. The third-order valence-electron chi connectivity index (χ3n) is 2.04. The number of carboxylic acid groups (broad SMARTS) is 1. The van der Waals surface area contributed by atoms with Crippen LogP contribution in [0.15, 0.2) is 0 Å². The maximum atomic E-state index is 12.9. The Morgan fingerprint density at radius 2 is 1.89 bits per heavy atom. The van der Waals surface area contributed by atoms with E-state index < -0.39 is 18.3 Å². The van der Waals surface area contributed by atoms with Crippen molar-refractivity contribution in [2.24, 2.45) is 0 Å². The van der Waals surface area contributed by atoms with Crippen LogP contribution < -0.4 is 10.6 Å². The molecule has 0 bridgehead atoms. The first kappa shape index (κ1) is 16.6. The molecule has 3 N–H and O–H groups in total. The highest BCUT2D eigenvalue weighted by Gasteiger charge is 2.38. The molecular weight excluding hydrogens is 260 g/mol. The Hall–Kier alpha value is -1.38. The summed E-state index contributed by atoms with van der Waals surface area (Å²) in [4.78, 5) is 19.5. The highest BCUT2D eigenvalue weighted by molar-refractivity contribution is 5.73. The summed E-state index contributed by atoms with van der Waals surface area (Å²) in [5, 5.41) is 12.6. The Bertz CT molecular complexity index is 296. The summed E-state index contributed by atoms with van der Waals surface area (Å²) in [6, 6.07) is -0.284. The van der Waals surface area contributed by atoms with Gasteiger partial charge in [0.1, 0.15) is 6.17 Å². The lowest BCUT2D eigenvalue weighted by Crippen LogP contribution is -2.50. The Kier molecular flexibility index (Phi) is 6.60. The van der Waals surface area contributed by atoms with Gasteiger partial charge >= 0.3 is 12.1 Å². The SMILES string of the molecule is CC(=O)NC1CCNCC1F.O=C(O)C(F)(F)F. The van der Waals surface area contributed by atoms with E-state index in [0.29, 0.717) is 13.0 Å². The van der Waals surface area contributed by atoms with Gasteiger partial charge in [0, 0.05) is 13.5 Å². The van der Waals surface area contributed by atoms with E-state index in [9.17, 15) is 22.4 Å². The summed E-state index contributed by atoms with van der Waals surface area (Å²) in [6.45, 7) is 2.55. The number of alkyl halides is 4. The van der Waals surface area contributed by atoms with Crippen molar-refractivity contribution in [1.82, 2.24) is 10.6 Å². The highest BCUT2D eigenvalue weighted by Crippen LogP contribution is 2.13. The van der Waals surface area contributed by atoms with Crippen LogP contribution in [0.5, 0.6) is 0 Å². The predicted molar refractivity (Wildman–Crippen MR) is 53.7 cm³/mol. The number of amides is 1. The van der Waals surface area contributed by atoms with E-state index in [1.54, 1.807) is 0 Å². The molecule has 0 aliphatic carbocycles. The molecule has 0 saturated carbocycles. The first-order valence-electron chi connectivity index (χ1n) is 5.06. The van der Waals surface area contributed by atoms with E-state index in [2.05, 4.69) is 10.6 Å². The molecule has 0 aromatic heterocycles.